The number of phenols is 2. The van der Waals surface area contributed by atoms with Gasteiger partial charge >= 0.3 is 15.2 Å². The Morgan fingerprint density at radius 1 is 0.771 bits per heavy atom. The van der Waals surface area contributed by atoms with Crippen LogP contribution in [0.4, 0.5) is 0 Å². The van der Waals surface area contributed by atoms with Gasteiger partial charge < -0.3 is 34.4 Å². The summed E-state index contributed by atoms with van der Waals surface area (Å²) in [6.45, 7) is 3.56. The summed E-state index contributed by atoms with van der Waals surface area (Å²) in [7, 11) is -8.62. The van der Waals surface area contributed by atoms with Crippen molar-refractivity contribution in [3.05, 3.63) is 59.7 Å². The van der Waals surface area contributed by atoms with E-state index in [1.807, 2.05) is 28.9 Å². The zero-order valence-corrected chi connectivity index (χ0v) is 21.2. The average Bonchev–Trinajstić information content (AvgIpc) is 3.11. The molecule has 0 spiro atoms. The van der Waals surface area contributed by atoms with Crippen LogP contribution in [0.2, 0.25) is 0 Å². The summed E-state index contributed by atoms with van der Waals surface area (Å²) in [5, 5.41) is 22.8. The number of allylic oxidation sites excluding steroid dienone is 4. The molecule has 0 atom stereocenters. The number of fused-ring (bicyclic) bond motifs is 3. The Morgan fingerprint density at radius 3 is 1.54 bits per heavy atom. The zero-order valence-electron chi connectivity index (χ0n) is 19.4. The first-order chi connectivity index (χ1) is 16.2. The third kappa shape index (κ3) is 5.12. The second kappa shape index (κ2) is 8.93. The summed E-state index contributed by atoms with van der Waals surface area (Å²) < 4.78 is 25.0. The maximum Gasteiger partial charge on any atom is 0.325 e. The lowest BCUT2D eigenvalue weighted by molar-refractivity contribution is 0.347. The van der Waals surface area contributed by atoms with E-state index < -0.39 is 32.9 Å². The van der Waals surface area contributed by atoms with Crippen molar-refractivity contribution in [3.63, 3.8) is 0 Å². The molecule has 0 aliphatic heterocycles. The number of aromatic hydroxyl groups is 2. The van der Waals surface area contributed by atoms with Crippen LogP contribution in [0.25, 0.3) is 21.8 Å². The molecule has 2 aromatic carbocycles. The third-order valence-electron chi connectivity index (χ3n) is 6.77. The van der Waals surface area contributed by atoms with Gasteiger partial charge in [-0.05, 0) is 49.9 Å². The quantitative estimate of drug-likeness (QED) is 0.194. The smallest absolute Gasteiger partial charge is 0.325 e. The number of hydrogen-bond donors (Lipinski definition) is 6. The number of aryl methyl sites for hydroxylation is 2. The molecular formula is C24H29NO8P2. The summed E-state index contributed by atoms with van der Waals surface area (Å²) in [6, 6.07) is 6.95. The molecule has 6 N–H and O–H groups in total. The van der Waals surface area contributed by atoms with Crippen molar-refractivity contribution in [1.82, 2.24) is 4.57 Å². The lowest BCUT2D eigenvalue weighted by Crippen LogP contribution is -2.23. The minimum absolute atomic E-state index is 0.0319. The highest BCUT2D eigenvalue weighted by Crippen LogP contribution is 2.49. The fraction of sp³-hybridized carbons (Fsp3) is 0.333. The first kappa shape index (κ1) is 25.7. The van der Waals surface area contributed by atoms with Gasteiger partial charge in [-0.3, -0.25) is 9.13 Å². The summed E-state index contributed by atoms with van der Waals surface area (Å²) in [6.07, 6.45) is 6.39. The predicted octanol–water partition coefficient (Wildman–Crippen LogP) is 4.61. The molecule has 0 amide bonds. The second-order valence-corrected chi connectivity index (χ2v) is 12.9. The van der Waals surface area contributed by atoms with Gasteiger partial charge in [0.2, 0.25) is 0 Å². The highest BCUT2D eigenvalue weighted by atomic mass is 31.2. The van der Waals surface area contributed by atoms with Crippen LogP contribution in [0.3, 0.4) is 0 Å². The van der Waals surface area contributed by atoms with Crippen molar-refractivity contribution in [2.45, 2.75) is 32.7 Å². The summed E-state index contributed by atoms with van der Waals surface area (Å²) >= 11 is 0. The van der Waals surface area contributed by atoms with Crippen LogP contribution < -0.4 is 0 Å². The lowest BCUT2D eigenvalue weighted by atomic mass is 9.78. The van der Waals surface area contributed by atoms with Crippen molar-refractivity contribution in [2.24, 2.45) is 5.41 Å². The minimum atomic E-state index is -4.31. The van der Waals surface area contributed by atoms with Gasteiger partial charge in [-0.1, -0.05) is 36.4 Å². The van der Waals surface area contributed by atoms with Crippen LogP contribution in [0.15, 0.2) is 48.6 Å². The largest absolute Gasteiger partial charge is 0.507 e. The molecule has 3 aromatic rings. The van der Waals surface area contributed by atoms with Gasteiger partial charge in [0.1, 0.15) is 11.5 Å². The Hall–Kier alpha value is -2.38. The Morgan fingerprint density at radius 2 is 1.17 bits per heavy atom. The highest BCUT2D eigenvalue weighted by molar-refractivity contribution is 7.52. The Balaban J connectivity index is 1.82. The Bertz CT molecular complexity index is 1350. The zero-order chi connectivity index (χ0) is 25.8. The molecule has 188 valence electrons. The number of benzene rings is 2. The summed E-state index contributed by atoms with van der Waals surface area (Å²) in [5.74, 6) is 0.155. The van der Waals surface area contributed by atoms with Crippen molar-refractivity contribution >= 4 is 37.0 Å². The normalized spacial score (nSPS) is 16.5. The van der Waals surface area contributed by atoms with E-state index >= 15 is 0 Å². The van der Waals surface area contributed by atoms with E-state index in [0.29, 0.717) is 32.9 Å². The Kier molecular flexibility index (Phi) is 6.56. The van der Waals surface area contributed by atoms with E-state index in [-0.39, 0.29) is 30.4 Å². The van der Waals surface area contributed by atoms with Crippen LogP contribution in [0.5, 0.6) is 11.5 Å². The number of phenolic OH excluding ortho intramolecular Hbond substituents is 2. The SMILES string of the molecule is Cc1ccc2c(c1O)c1c(O)c(C)ccc1n2C1C=CC(CCP(=O)(O)O)(CCP(=O)(O)O)C=C1. The van der Waals surface area contributed by atoms with Crippen LogP contribution in [0, 0.1) is 19.3 Å². The number of rotatable bonds is 7. The van der Waals surface area contributed by atoms with Crippen molar-refractivity contribution in [2.75, 3.05) is 12.3 Å². The van der Waals surface area contributed by atoms with Crippen molar-refractivity contribution < 1.29 is 38.9 Å². The van der Waals surface area contributed by atoms with Crippen LogP contribution >= 0.6 is 15.2 Å². The van der Waals surface area contributed by atoms with E-state index in [0.717, 1.165) is 0 Å². The van der Waals surface area contributed by atoms with Gasteiger partial charge in [0.25, 0.3) is 0 Å². The van der Waals surface area contributed by atoms with Crippen LogP contribution in [-0.4, -0.2) is 46.7 Å². The highest BCUT2D eigenvalue weighted by Gasteiger charge is 2.33. The van der Waals surface area contributed by atoms with Gasteiger partial charge in [-0.15, -0.1) is 0 Å². The molecule has 1 aliphatic rings. The molecule has 1 aliphatic carbocycles. The monoisotopic (exact) mass is 521 g/mol. The van der Waals surface area contributed by atoms with Crippen LogP contribution in [-0.2, 0) is 9.13 Å². The first-order valence-corrected chi connectivity index (χ1v) is 14.7. The molecule has 0 radical (unpaired) electrons. The molecule has 11 heteroatoms. The topological polar surface area (TPSA) is 160 Å². The average molecular weight is 521 g/mol. The molecule has 0 bridgehead atoms. The molecule has 0 unspecified atom stereocenters. The molecule has 1 heterocycles. The first-order valence-electron chi connectivity index (χ1n) is 11.1. The van der Waals surface area contributed by atoms with Gasteiger partial charge in [0.15, 0.2) is 0 Å². The van der Waals surface area contributed by atoms with E-state index in [9.17, 15) is 38.9 Å². The molecule has 4 rings (SSSR count). The molecular weight excluding hydrogens is 492 g/mol. The molecule has 0 saturated carbocycles. The van der Waals surface area contributed by atoms with E-state index in [4.69, 9.17) is 0 Å². The van der Waals surface area contributed by atoms with E-state index in [2.05, 4.69) is 0 Å². The maximum atomic E-state index is 11.5. The Labute approximate surface area is 202 Å². The molecule has 35 heavy (non-hydrogen) atoms. The van der Waals surface area contributed by atoms with Crippen molar-refractivity contribution in [3.8, 4) is 11.5 Å². The summed E-state index contributed by atoms with van der Waals surface area (Å²) in [5.41, 5.74) is 1.80. The molecule has 1 aromatic heterocycles. The molecule has 9 nitrogen and oxygen atoms in total. The van der Waals surface area contributed by atoms with Gasteiger partial charge in [-0.2, -0.15) is 0 Å². The predicted molar refractivity (Wildman–Crippen MR) is 135 cm³/mol. The number of hydrogen-bond acceptors (Lipinski definition) is 4. The molecule has 0 saturated heterocycles. The van der Waals surface area contributed by atoms with Crippen LogP contribution in [0.1, 0.15) is 30.0 Å². The van der Waals surface area contributed by atoms with Gasteiger partial charge in [0, 0.05) is 5.41 Å². The maximum absolute atomic E-state index is 11.5. The van der Waals surface area contributed by atoms with E-state index in [1.165, 1.54) is 0 Å². The van der Waals surface area contributed by atoms with Gasteiger partial charge in [0.05, 0.1) is 40.2 Å². The van der Waals surface area contributed by atoms with E-state index in [1.54, 1.807) is 38.1 Å². The fourth-order valence-electron chi connectivity index (χ4n) is 4.75. The third-order valence-corrected chi connectivity index (χ3v) is 8.38. The lowest BCUT2D eigenvalue weighted by Gasteiger charge is -2.32. The minimum Gasteiger partial charge on any atom is -0.507 e. The fourth-order valence-corrected chi connectivity index (χ4v) is 6.17. The second-order valence-electron chi connectivity index (χ2n) is 9.34. The standard InChI is InChI=1S/C24H29NO8P2/c1-15-3-5-18-20(22(15)26)21-19(6-4-16(2)23(21)27)25(18)17-7-9-24(10-8-17,11-13-34(28,29)30)12-14-35(31,32)33/h3-10,17,26-27H,11-14H2,1-2H3,(H2,28,29,30)(H2,31,32,33). The van der Waals surface area contributed by atoms with Gasteiger partial charge in [-0.25, -0.2) is 0 Å². The number of aromatic nitrogens is 1. The summed E-state index contributed by atoms with van der Waals surface area (Å²) in [4.78, 5) is 37.5. The molecule has 0 fully saturated rings. The number of nitrogens with zero attached hydrogens (tertiary/aromatic N) is 1. The van der Waals surface area contributed by atoms with Crippen molar-refractivity contribution in [1.29, 1.82) is 0 Å².